The standard InChI is InChI=1S/C38H38F3N5O3Si/c1-50(2)29-17-20(44-13-3-14-44)5-7-24(29)31(25-8-6-21(18-30(25)50)45-15-4-16-45)32-33(38(48)49)34(39)36(41)37(35(32)40)46-28-12-10-23-22(26(23)19-47)9-11-27(28)42-43-46/h5-8,17-18,22-23,26,47H,3-4,9-16,19H2,1-2H3/t22-,23+,26-/m1/s1. The SMILES string of the molecule is C[Si]1(C)C2=CC(=[N+]3CCC3)C=CC2=C(c2c(F)c(-n3nnc4c3CC[C@@H]3[C@H](CO)[C@@H]3CC4)c(F)c(F)c2C(=O)[O-])c2ccc(N3CCC3)cc21. The molecule has 1 saturated carbocycles. The van der Waals surface area contributed by atoms with Crippen LogP contribution in [0.4, 0.5) is 18.9 Å². The van der Waals surface area contributed by atoms with Crippen LogP contribution in [0.5, 0.6) is 0 Å². The topological polar surface area (TPSA) is 97.3 Å². The number of allylic oxidation sites excluding steroid dienone is 5. The van der Waals surface area contributed by atoms with E-state index in [0.717, 1.165) is 71.9 Å². The van der Waals surface area contributed by atoms with Gasteiger partial charge in [-0.05, 0) is 95.2 Å². The number of benzene rings is 2. The van der Waals surface area contributed by atoms with Crippen molar-refractivity contribution < 1.29 is 32.8 Å². The molecule has 2 saturated heterocycles. The van der Waals surface area contributed by atoms with Gasteiger partial charge in [-0.2, -0.15) is 0 Å². The summed E-state index contributed by atoms with van der Waals surface area (Å²) in [5.41, 5.74) is 2.06. The number of nitrogens with zero attached hydrogens (tertiary/aromatic N) is 5. The third-order valence-electron chi connectivity index (χ3n) is 12.3. The first-order valence-corrected chi connectivity index (χ1v) is 20.7. The Morgan fingerprint density at radius 3 is 2.46 bits per heavy atom. The Labute approximate surface area is 288 Å². The van der Waals surface area contributed by atoms with Gasteiger partial charge in [0.2, 0.25) is 0 Å². The monoisotopic (exact) mass is 697 g/mol. The average molecular weight is 698 g/mol. The molecule has 3 atom stereocenters. The molecule has 3 aromatic rings. The lowest BCUT2D eigenvalue weighted by Crippen LogP contribution is -2.50. The number of halogens is 3. The maximum absolute atomic E-state index is 17.5. The van der Waals surface area contributed by atoms with Crippen LogP contribution in [-0.2, 0) is 12.8 Å². The number of carboxylic acid groups (broad SMARTS) is 1. The first-order chi connectivity index (χ1) is 24.1. The number of fused-ring (bicyclic) bond motifs is 4. The number of carbonyl (C=O) groups excluding carboxylic acids is 1. The third-order valence-corrected chi connectivity index (χ3v) is 15.8. The van der Waals surface area contributed by atoms with Gasteiger partial charge >= 0.3 is 0 Å². The molecule has 3 fully saturated rings. The number of carbonyl (C=O) groups is 1. The van der Waals surface area contributed by atoms with Crippen molar-refractivity contribution >= 4 is 36.2 Å². The van der Waals surface area contributed by atoms with Crippen LogP contribution in [0.1, 0.15) is 58.6 Å². The summed E-state index contributed by atoms with van der Waals surface area (Å²) in [6.45, 7) is 8.25. The van der Waals surface area contributed by atoms with E-state index < -0.39 is 48.3 Å². The van der Waals surface area contributed by atoms with Gasteiger partial charge in [-0.1, -0.05) is 24.4 Å². The lowest BCUT2D eigenvalue weighted by atomic mass is 9.86. The molecule has 0 bridgehead atoms. The molecule has 0 amide bonds. The van der Waals surface area contributed by atoms with Crippen LogP contribution in [0.2, 0.25) is 13.1 Å². The molecule has 1 aromatic heterocycles. The quantitative estimate of drug-likeness (QED) is 0.249. The number of aliphatic hydroxyl groups is 1. The van der Waals surface area contributed by atoms with Gasteiger partial charge in [-0.25, -0.2) is 22.4 Å². The molecular weight excluding hydrogens is 660 g/mol. The highest BCUT2D eigenvalue weighted by atomic mass is 28.3. The van der Waals surface area contributed by atoms with Gasteiger partial charge < -0.3 is 19.9 Å². The van der Waals surface area contributed by atoms with Gasteiger partial charge in [-0.15, -0.1) is 5.10 Å². The summed E-state index contributed by atoms with van der Waals surface area (Å²) in [5, 5.41) is 33.0. The van der Waals surface area contributed by atoms with Crippen molar-refractivity contribution in [3.8, 4) is 5.69 Å². The zero-order chi connectivity index (χ0) is 34.6. The van der Waals surface area contributed by atoms with Crippen molar-refractivity contribution in [2.75, 3.05) is 37.7 Å². The Hall–Kier alpha value is -4.29. The van der Waals surface area contributed by atoms with E-state index in [4.69, 9.17) is 0 Å². The fourth-order valence-corrected chi connectivity index (χ4v) is 12.2. The Kier molecular flexibility index (Phi) is 7.20. The summed E-state index contributed by atoms with van der Waals surface area (Å²) < 4.78 is 53.3. The highest BCUT2D eigenvalue weighted by Gasteiger charge is 2.49. The smallest absolute Gasteiger partial charge is 0.199 e. The number of hydrogen-bond donors (Lipinski definition) is 1. The zero-order valence-electron chi connectivity index (χ0n) is 28.1. The number of aromatic nitrogens is 3. The molecule has 1 N–H and O–H groups in total. The zero-order valence-corrected chi connectivity index (χ0v) is 29.1. The summed E-state index contributed by atoms with van der Waals surface area (Å²) in [6, 6.07) is 5.96. The maximum Gasteiger partial charge on any atom is 0.199 e. The van der Waals surface area contributed by atoms with Crippen LogP contribution < -0.4 is 15.2 Å². The van der Waals surface area contributed by atoms with E-state index in [-0.39, 0.29) is 18.1 Å². The fraction of sp³-hybridized carbons (Fsp3) is 0.421. The molecular formula is C38H38F3N5O3Si. The first kappa shape index (κ1) is 31.7. The minimum absolute atomic E-state index is 0.0913. The molecule has 3 aliphatic carbocycles. The molecule has 0 radical (unpaired) electrons. The van der Waals surface area contributed by atoms with E-state index in [0.29, 0.717) is 53.6 Å². The van der Waals surface area contributed by atoms with Crippen LogP contribution in [-0.4, -0.2) is 77.2 Å². The minimum atomic E-state index is -2.51. The third kappa shape index (κ3) is 4.53. The van der Waals surface area contributed by atoms with Gasteiger partial charge in [0.1, 0.15) is 26.9 Å². The van der Waals surface area contributed by atoms with Gasteiger partial charge in [0.15, 0.2) is 23.2 Å². The van der Waals surface area contributed by atoms with Crippen molar-refractivity contribution in [1.82, 2.24) is 15.0 Å². The second kappa shape index (κ2) is 11.4. The normalized spacial score (nSPS) is 24.6. The lowest BCUT2D eigenvalue weighted by Gasteiger charge is -2.40. The Balaban J connectivity index is 1.30. The molecule has 9 rings (SSSR count). The molecule has 0 spiro atoms. The number of aliphatic hydroxyl groups excluding tert-OH is 1. The Morgan fingerprint density at radius 1 is 1.04 bits per heavy atom. The van der Waals surface area contributed by atoms with E-state index in [1.54, 1.807) is 0 Å². The van der Waals surface area contributed by atoms with Crippen LogP contribution in [0.25, 0.3) is 11.3 Å². The lowest BCUT2D eigenvalue weighted by molar-refractivity contribution is -0.582. The summed E-state index contributed by atoms with van der Waals surface area (Å²) >= 11 is 0. The number of hydrogen-bond acceptors (Lipinski definition) is 6. The van der Waals surface area contributed by atoms with E-state index in [9.17, 15) is 15.0 Å². The van der Waals surface area contributed by atoms with Gasteiger partial charge in [0.05, 0.1) is 23.8 Å². The van der Waals surface area contributed by atoms with Crippen molar-refractivity contribution in [3.05, 3.63) is 92.7 Å². The number of rotatable bonds is 5. The predicted molar refractivity (Wildman–Crippen MR) is 183 cm³/mol. The fourth-order valence-electron chi connectivity index (χ4n) is 9.11. The van der Waals surface area contributed by atoms with Crippen molar-refractivity contribution in [3.63, 3.8) is 0 Å². The molecule has 12 heteroatoms. The van der Waals surface area contributed by atoms with Crippen LogP contribution in [0.15, 0.2) is 47.2 Å². The van der Waals surface area contributed by atoms with Gasteiger partial charge in [-0.3, -0.25) is 0 Å². The number of anilines is 1. The molecule has 3 aliphatic heterocycles. The van der Waals surface area contributed by atoms with E-state index in [1.165, 1.54) is 0 Å². The predicted octanol–water partition coefficient (Wildman–Crippen LogP) is 3.62. The summed E-state index contributed by atoms with van der Waals surface area (Å²) in [7, 11) is -2.51. The maximum atomic E-state index is 17.5. The van der Waals surface area contributed by atoms with E-state index in [2.05, 4.69) is 45.0 Å². The number of aromatic carboxylic acids is 1. The van der Waals surface area contributed by atoms with Crippen molar-refractivity contribution in [2.45, 2.75) is 51.6 Å². The van der Waals surface area contributed by atoms with Gasteiger partial charge in [0, 0.05) is 48.7 Å². The molecule has 258 valence electrons. The Bertz CT molecular complexity index is 2140. The van der Waals surface area contributed by atoms with Crippen LogP contribution >= 0.6 is 0 Å². The van der Waals surface area contributed by atoms with E-state index in [1.807, 2.05) is 24.3 Å². The van der Waals surface area contributed by atoms with Crippen molar-refractivity contribution in [2.24, 2.45) is 17.8 Å². The van der Waals surface area contributed by atoms with Gasteiger partial charge in [0.25, 0.3) is 0 Å². The summed E-state index contributed by atoms with van der Waals surface area (Å²) in [6.07, 6.45) is 10.5. The van der Waals surface area contributed by atoms with Crippen molar-refractivity contribution in [1.29, 1.82) is 0 Å². The second-order valence-electron chi connectivity index (χ2n) is 15.1. The van der Waals surface area contributed by atoms with Crippen LogP contribution in [0.3, 0.4) is 0 Å². The molecule has 6 aliphatic rings. The largest absolute Gasteiger partial charge is 0.545 e. The molecule has 0 unspecified atom stereocenters. The van der Waals surface area contributed by atoms with Crippen LogP contribution in [0, 0.1) is 35.2 Å². The number of aryl methyl sites for hydroxylation is 1. The second-order valence-corrected chi connectivity index (χ2v) is 19.4. The van der Waals surface area contributed by atoms with E-state index >= 15 is 13.2 Å². The highest BCUT2D eigenvalue weighted by Crippen LogP contribution is 2.53. The summed E-state index contributed by atoms with van der Waals surface area (Å²) in [4.78, 5) is 15.0. The minimum Gasteiger partial charge on any atom is -0.545 e. The molecule has 2 aromatic carbocycles. The summed E-state index contributed by atoms with van der Waals surface area (Å²) in [5.74, 6) is -5.71. The molecule has 8 nitrogen and oxygen atoms in total. The first-order valence-electron chi connectivity index (χ1n) is 17.7. The Morgan fingerprint density at radius 2 is 1.80 bits per heavy atom. The highest BCUT2D eigenvalue weighted by molar-refractivity contribution is 6.98. The number of carboxylic acids is 1. The molecule has 4 heterocycles. The molecule has 50 heavy (non-hydrogen) atoms. The average Bonchev–Trinajstić information content (AvgIpc) is 3.56.